The largest absolute Gasteiger partial charge is 0.333 e. The van der Waals surface area contributed by atoms with Crippen LogP contribution in [0.5, 0.6) is 0 Å². The Morgan fingerprint density at radius 1 is 0.870 bits per heavy atom. The van der Waals surface area contributed by atoms with E-state index in [1.165, 1.54) is 9.80 Å². The first kappa shape index (κ1) is 13.5. The fourth-order valence-electron chi connectivity index (χ4n) is 3.07. The molecule has 4 amide bonds. The Morgan fingerprint density at radius 3 is 2.13 bits per heavy atom. The van der Waals surface area contributed by atoms with E-state index in [1.807, 2.05) is 0 Å². The van der Waals surface area contributed by atoms with Crippen LogP contribution < -0.4 is 15.1 Å². The lowest BCUT2D eigenvalue weighted by Gasteiger charge is -2.29. The van der Waals surface area contributed by atoms with Crippen molar-refractivity contribution in [2.45, 2.75) is 6.54 Å². The van der Waals surface area contributed by atoms with Crippen molar-refractivity contribution < 1.29 is 14.4 Å². The van der Waals surface area contributed by atoms with Crippen LogP contribution in [0.15, 0.2) is 42.5 Å². The molecule has 0 fully saturated rings. The molecule has 0 aromatic heterocycles. The highest BCUT2D eigenvalue weighted by Gasteiger charge is 2.38. The summed E-state index contributed by atoms with van der Waals surface area (Å²) in [7, 11) is 1.65. The highest BCUT2D eigenvalue weighted by atomic mass is 16.2. The molecule has 0 saturated carbocycles. The predicted molar refractivity (Wildman–Crippen MR) is 84.7 cm³/mol. The highest BCUT2D eigenvalue weighted by molar-refractivity contribution is 6.34. The first-order chi connectivity index (χ1) is 11.1. The van der Waals surface area contributed by atoms with Crippen molar-refractivity contribution >= 4 is 29.2 Å². The number of carbonyl (C=O) groups excluding carboxylic acids is 3. The monoisotopic (exact) mass is 307 g/mol. The number of imide groups is 1. The number of anilines is 2. The average Bonchev–Trinajstić information content (AvgIpc) is 2.82. The van der Waals surface area contributed by atoms with E-state index in [1.54, 1.807) is 49.5 Å². The van der Waals surface area contributed by atoms with Crippen LogP contribution in [0.3, 0.4) is 0 Å². The molecule has 2 heterocycles. The Balaban J connectivity index is 1.86. The number of amides is 4. The normalized spacial score (nSPS) is 16.3. The van der Waals surface area contributed by atoms with Crippen molar-refractivity contribution in [2.24, 2.45) is 0 Å². The van der Waals surface area contributed by atoms with Crippen LogP contribution in [-0.4, -0.2) is 24.9 Å². The van der Waals surface area contributed by atoms with Gasteiger partial charge in [0, 0.05) is 19.2 Å². The Morgan fingerprint density at radius 2 is 1.48 bits per heavy atom. The van der Waals surface area contributed by atoms with Crippen molar-refractivity contribution in [1.82, 2.24) is 5.32 Å². The lowest BCUT2D eigenvalue weighted by molar-refractivity contribution is 0.0926. The molecule has 1 N–H and O–H groups in total. The van der Waals surface area contributed by atoms with Crippen molar-refractivity contribution in [3.05, 3.63) is 59.2 Å². The molecule has 114 valence electrons. The standard InChI is InChI=1S/C17H13N3O3/c1-19-13-7-4-8-14(12(13)9-18-17(19)23)20-15(21)10-5-2-3-6-11(10)16(20)22/h2-8H,9H2,1H3,(H,18,23). The molecule has 0 atom stereocenters. The SMILES string of the molecule is CN1C(=O)NCc2c1cccc2N1C(=O)c2ccccc2C1=O. The van der Waals surface area contributed by atoms with Gasteiger partial charge < -0.3 is 5.32 Å². The van der Waals surface area contributed by atoms with Crippen molar-refractivity contribution in [2.75, 3.05) is 16.8 Å². The smallest absolute Gasteiger partial charge is 0.321 e. The third kappa shape index (κ3) is 1.78. The van der Waals surface area contributed by atoms with Gasteiger partial charge in [0.05, 0.1) is 22.5 Å². The minimum Gasteiger partial charge on any atom is -0.333 e. The first-order valence-corrected chi connectivity index (χ1v) is 7.21. The van der Waals surface area contributed by atoms with Crippen molar-refractivity contribution in [3.63, 3.8) is 0 Å². The number of carbonyl (C=O) groups is 3. The molecule has 23 heavy (non-hydrogen) atoms. The molecular weight excluding hydrogens is 294 g/mol. The van der Waals surface area contributed by atoms with E-state index < -0.39 is 0 Å². The molecule has 6 heteroatoms. The van der Waals surface area contributed by atoms with E-state index in [2.05, 4.69) is 5.32 Å². The van der Waals surface area contributed by atoms with Gasteiger partial charge in [-0.15, -0.1) is 0 Å². The Labute approximate surface area is 132 Å². The lowest BCUT2D eigenvalue weighted by Crippen LogP contribution is -2.42. The summed E-state index contributed by atoms with van der Waals surface area (Å²) in [6.07, 6.45) is 0. The first-order valence-electron chi connectivity index (χ1n) is 7.21. The Hall–Kier alpha value is -3.15. The second kappa shape index (κ2) is 4.67. The topological polar surface area (TPSA) is 69.7 Å². The van der Waals surface area contributed by atoms with E-state index in [-0.39, 0.29) is 24.4 Å². The van der Waals surface area contributed by atoms with Crippen LogP contribution in [-0.2, 0) is 6.54 Å². The number of hydrogen-bond acceptors (Lipinski definition) is 3. The van der Waals surface area contributed by atoms with Gasteiger partial charge in [-0.1, -0.05) is 18.2 Å². The summed E-state index contributed by atoms with van der Waals surface area (Å²) in [5.74, 6) is -0.669. The van der Waals surface area contributed by atoms with Crippen LogP contribution in [0.2, 0.25) is 0 Å². The molecule has 6 nitrogen and oxygen atoms in total. The summed E-state index contributed by atoms with van der Waals surface area (Å²) < 4.78 is 0. The molecule has 0 bridgehead atoms. The maximum atomic E-state index is 12.6. The molecule has 2 aliphatic heterocycles. The molecule has 0 radical (unpaired) electrons. The molecule has 0 aliphatic carbocycles. The van der Waals surface area contributed by atoms with Gasteiger partial charge in [-0.3, -0.25) is 14.5 Å². The van der Waals surface area contributed by atoms with E-state index >= 15 is 0 Å². The van der Waals surface area contributed by atoms with Crippen LogP contribution in [0.1, 0.15) is 26.3 Å². The second-order valence-electron chi connectivity index (χ2n) is 5.48. The molecule has 2 aromatic rings. The fraction of sp³-hybridized carbons (Fsp3) is 0.118. The van der Waals surface area contributed by atoms with Crippen molar-refractivity contribution in [1.29, 1.82) is 0 Å². The highest BCUT2D eigenvalue weighted by Crippen LogP contribution is 2.36. The number of nitrogens with one attached hydrogen (secondary N) is 1. The van der Waals surface area contributed by atoms with Gasteiger partial charge in [0.2, 0.25) is 0 Å². The molecule has 2 aromatic carbocycles. The molecular formula is C17H13N3O3. The van der Waals surface area contributed by atoms with Gasteiger partial charge in [0.25, 0.3) is 11.8 Å². The Bertz CT molecular complexity index is 840. The molecule has 0 saturated heterocycles. The zero-order chi connectivity index (χ0) is 16.1. The Kier molecular flexibility index (Phi) is 2.74. The molecule has 0 unspecified atom stereocenters. The lowest BCUT2D eigenvalue weighted by atomic mass is 10.1. The average molecular weight is 307 g/mol. The third-order valence-electron chi connectivity index (χ3n) is 4.24. The maximum absolute atomic E-state index is 12.6. The van der Waals surface area contributed by atoms with Crippen LogP contribution in [0, 0.1) is 0 Å². The van der Waals surface area contributed by atoms with Crippen LogP contribution in [0.4, 0.5) is 16.2 Å². The molecule has 4 rings (SSSR count). The number of hydrogen-bond donors (Lipinski definition) is 1. The minimum atomic E-state index is -0.335. The van der Waals surface area contributed by atoms with Crippen LogP contribution >= 0.6 is 0 Å². The zero-order valence-electron chi connectivity index (χ0n) is 12.4. The summed E-state index contributed by atoms with van der Waals surface area (Å²) in [6, 6.07) is 11.8. The summed E-state index contributed by atoms with van der Waals surface area (Å²) in [6.45, 7) is 0.280. The quantitative estimate of drug-likeness (QED) is 0.821. The third-order valence-corrected chi connectivity index (χ3v) is 4.24. The number of rotatable bonds is 1. The van der Waals surface area contributed by atoms with Gasteiger partial charge in [0.15, 0.2) is 0 Å². The summed E-state index contributed by atoms with van der Waals surface area (Å²) >= 11 is 0. The number of benzene rings is 2. The predicted octanol–water partition coefficient (Wildman–Crippen LogP) is 2.15. The van der Waals surface area contributed by atoms with Crippen molar-refractivity contribution in [3.8, 4) is 0 Å². The summed E-state index contributed by atoms with van der Waals surface area (Å²) in [5, 5.41) is 2.74. The van der Waals surface area contributed by atoms with E-state index in [4.69, 9.17) is 0 Å². The van der Waals surface area contributed by atoms with E-state index in [9.17, 15) is 14.4 Å². The fourth-order valence-corrected chi connectivity index (χ4v) is 3.07. The number of fused-ring (bicyclic) bond motifs is 2. The minimum absolute atomic E-state index is 0.211. The molecule has 0 spiro atoms. The van der Waals surface area contributed by atoms with E-state index in [0.717, 1.165) is 5.56 Å². The zero-order valence-corrected chi connectivity index (χ0v) is 12.4. The summed E-state index contributed by atoms with van der Waals surface area (Å²) in [4.78, 5) is 39.7. The van der Waals surface area contributed by atoms with E-state index in [0.29, 0.717) is 22.5 Å². The number of nitrogens with zero attached hydrogens (tertiary/aromatic N) is 2. The van der Waals surface area contributed by atoms with Gasteiger partial charge in [-0.25, -0.2) is 9.69 Å². The van der Waals surface area contributed by atoms with Gasteiger partial charge in [-0.2, -0.15) is 0 Å². The van der Waals surface area contributed by atoms with Gasteiger partial charge in [-0.05, 0) is 24.3 Å². The number of urea groups is 1. The summed E-state index contributed by atoms with van der Waals surface area (Å²) in [5.41, 5.74) is 2.78. The van der Waals surface area contributed by atoms with Gasteiger partial charge >= 0.3 is 6.03 Å². The second-order valence-corrected chi connectivity index (χ2v) is 5.48. The van der Waals surface area contributed by atoms with Crippen LogP contribution in [0.25, 0.3) is 0 Å². The maximum Gasteiger partial charge on any atom is 0.321 e. The molecule has 2 aliphatic rings. The van der Waals surface area contributed by atoms with Gasteiger partial charge in [0.1, 0.15) is 0 Å².